The molecule has 0 radical (unpaired) electrons. The van der Waals surface area contributed by atoms with E-state index in [0.29, 0.717) is 6.61 Å². The Hall–Kier alpha value is -2.00. The lowest BCUT2D eigenvalue weighted by Gasteiger charge is -2.12. The zero-order valence-corrected chi connectivity index (χ0v) is 13.1. The summed E-state index contributed by atoms with van der Waals surface area (Å²) in [5, 5.41) is 3.44. The Morgan fingerprint density at radius 1 is 1.00 bits per heavy atom. The summed E-state index contributed by atoms with van der Waals surface area (Å²) in [6.07, 6.45) is 0. The van der Waals surface area contributed by atoms with Gasteiger partial charge in [-0.2, -0.15) is 0 Å². The first kappa shape index (κ1) is 15.4. The molecule has 112 valence electrons. The van der Waals surface area contributed by atoms with Crippen molar-refractivity contribution in [3.8, 4) is 5.75 Å². The monoisotopic (exact) mass is 284 g/mol. The minimum atomic E-state index is 0.711. The van der Waals surface area contributed by atoms with E-state index in [1.54, 1.807) is 0 Å². The average molecular weight is 284 g/mol. The minimum Gasteiger partial charge on any atom is -0.492 e. The molecule has 3 heteroatoms. The van der Waals surface area contributed by atoms with E-state index in [9.17, 15) is 0 Å². The Morgan fingerprint density at radius 3 is 2.38 bits per heavy atom. The zero-order valence-electron chi connectivity index (χ0n) is 13.1. The van der Waals surface area contributed by atoms with Crippen LogP contribution in [-0.2, 0) is 6.54 Å². The van der Waals surface area contributed by atoms with Gasteiger partial charge < -0.3 is 15.0 Å². The maximum absolute atomic E-state index is 5.68. The van der Waals surface area contributed by atoms with Gasteiger partial charge in [-0.3, -0.25) is 0 Å². The molecular weight excluding hydrogens is 260 g/mol. The highest BCUT2D eigenvalue weighted by molar-refractivity contribution is 5.47. The third-order valence-electron chi connectivity index (χ3n) is 3.41. The molecule has 0 unspecified atom stereocenters. The summed E-state index contributed by atoms with van der Waals surface area (Å²) in [5.74, 6) is 0.915. The van der Waals surface area contributed by atoms with Crippen molar-refractivity contribution < 1.29 is 4.74 Å². The molecule has 0 fully saturated rings. The average Bonchev–Trinajstić information content (AvgIpc) is 2.47. The molecule has 3 nitrogen and oxygen atoms in total. The van der Waals surface area contributed by atoms with E-state index in [2.05, 4.69) is 53.5 Å². The number of nitrogens with one attached hydrogen (secondary N) is 1. The lowest BCUT2D eigenvalue weighted by Crippen LogP contribution is -2.19. The van der Waals surface area contributed by atoms with Gasteiger partial charge in [-0.05, 0) is 56.4 Å². The first-order chi connectivity index (χ1) is 10.1. The van der Waals surface area contributed by atoms with Crippen molar-refractivity contribution in [3.05, 3.63) is 59.7 Å². The van der Waals surface area contributed by atoms with Crippen LogP contribution in [0.5, 0.6) is 5.75 Å². The Labute approximate surface area is 127 Å². The van der Waals surface area contributed by atoms with Crippen molar-refractivity contribution in [1.82, 2.24) is 4.90 Å². The minimum absolute atomic E-state index is 0.711. The molecule has 21 heavy (non-hydrogen) atoms. The van der Waals surface area contributed by atoms with Gasteiger partial charge in [0.2, 0.25) is 0 Å². The summed E-state index contributed by atoms with van der Waals surface area (Å²) >= 11 is 0. The molecule has 0 aromatic heterocycles. The maximum atomic E-state index is 5.68. The van der Waals surface area contributed by atoms with Gasteiger partial charge in [0, 0.05) is 18.8 Å². The zero-order chi connectivity index (χ0) is 15.1. The van der Waals surface area contributed by atoms with Crippen molar-refractivity contribution in [3.63, 3.8) is 0 Å². The lowest BCUT2D eigenvalue weighted by atomic mass is 10.1. The fraction of sp³-hybridized carbons (Fsp3) is 0.333. The Balaban J connectivity index is 1.84. The van der Waals surface area contributed by atoms with Crippen LogP contribution >= 0.6 is 0 Å². The number of ether oxygens (including phenoxy) is 1. The van der Waals surface area contributed by atoms with Gasteiger partial charge in [0.25, 0.3) is 0 Å². The topological polar surface area (TPSA) is 24.5 Å². The van der Waals surface area contributed by atoms with Crippen LogP contribution in [0.3, 0.4) is 0 Å². The first-order valence-corrected chi connectivity index (χ1v) is 7.31. The first-order valence-electron chi connectivity index (χ1n) is 7.31. The molecule has 0 saturated heterocycles. The Morgan fingerprint density at radius 2 is 1.71 bits per heavy atom. The molecule has 2 rings (SSSR count). The number of hydrogen-bond donors (Lipinski definition) is 1. The second-order valence-corrected chi connectivity index (χ2v) is 5.46. The van der Waals surface area contributed by atoms with Crippen molar-refractivity contribution in [2.24, 2.45) is 0 Å². The highest BCUT2D eigenvalue weighted by Crippen LogP contribution is 2.17. The van der Waals surface area contributed by atoms with E-state index in [-0.39, 0.29) is 0 Å². The van der Waals surface area contributed by atoms with Crippen LogP contribution in [0, 0.1) is 6.92 Å². The van der Waals surface area contributed by atoms with Crippen LogP contribution in [0.15, 0.2) is 48.5 Å². The second-order valence-electron chi connectivity index (χ2n) is 5.46. The van der Waals surface area contributed by atoms with E-state index in [1.165, 1.54) is 11.1 Å². The van der Waals surface area contributed by atoms with Crippen molar-refractivity contribution in [2.75, 3.05) is 32.6 Å². The highest BCUT2D eigenvalue weighted by atomic mass is 16.5. The molecule has 0 aliphatic rings. The van der Waals surface area contributed by atoms with Crippen molar-refractivity contribution >= 4 is 5.69 Å². The van der Waals surface area contributed by atoms with Gasteiger partial charge in [-0.15, -0.1) is 0 Å². The Kier molecular flexibility index (Phi) is 5.64. The summed E-state index contributed by atoms with van der Waals surface area (Å²) in [4.78, 5) is 2.11. The number of rotatable bonds is 7. The molecule has 0 aliphatic carbocycles. The van der Waals surface area contributed by atoms with Crippen LogP contribution in [-0.4, -0.2) is 32.1 Å². The van der Waals surface area contributed by atoms with Gasteiger partial charge in [0.15, 0.2) is 0 Å². The SMILES string of the molecule is Cc1ccccc1CNc1ccc(OCCN(C)C)cc1. The fourth-order valence-electron chi connectivity index (χ4n) is 2.02. The van der Waals surface area contributed by atoms with E-state index in [1.807, 2.05) is 26.2 Å². The van der Waals surface area contributed by atoms with Gasteiger partial charge >= 0.3 is 0 Å². The third kappa shape index (κ3) is 5.12. The van der Waals surface area contributed by atoms with Crippen LogP contribution in [0.2, 0.25) is 0 Å². The number of hydrogen-bond acceptors (Lipinski definition) is 3. The largest absolute Gasteiger partial charge is 0.492 e. The number of likely N-dealkylation sites (N-methyl/N-ethyl adjacent to an activating group) is 1. The number of benzene rings is 2. The van der Waals surface area contributed by atoms with Crippen LogP contribution in [0.1, 0.15) is 11.1 Å². The molecule has 0 amide bonds. The van der Waals surface area contributed by atoms with Gasteiger partial charge in [-0.1, -0.05) is 24.3 Å². The van der Waals surface area contributed by atoms with E-state index >= 15 is 0 Å². The van der Waals surface area contributed by atoms with E-state index < -0.39 is 0 Å². The molecule has 0 spiro atoms. The molecule has 0 heterocycles. The predicted molar refractivity (Wildman–Crippen MR) is 89.0 cm³/mol. The molecule has 0 aliphatic heterocycles. The molecule has 1 N–H and O–H groups in total. The van der Waals surface area contributed by atoms with E-state index in [4.69, 9.17) is 4.74 Å². The van der Waals surface area contributed by atoms with Crippen molar-refractivity contribution in [2.45, 2.75) is 13.5 Å². The molecule has 2 aromatic rings. The molecule has 0 bridgehead atoms. The third-order valence-corrected chi connectivity index (χ3v) is 3.41. The molecule has 2 aromatic carbocycles. The van der Waals surface area contributed by atoms with Gasteiger partial charge in [-0.25, -0.2) is 0 Å². The summed E-state index contributed by atoms with van der Waals surface area (Å²) in [6, 6.07) is 16.6. The molecule has 0 saturated carbocycles. The summed E-state index contributed by atoms with van der Waals surface area (Å²) < 4.78 is 5.68. The standard InChI is InChI=1S/C18H24N2O/c1-15-6-4-5-7-16(15)14-19-17-8-10-18(11-9-17)21-13-12-20(2)3/h4-11,19H,12-14H2,1-3H3. The molecular formula is C18H24N2O. The smallest absolute Gasteiger partial charge is 0.119 e. The Bertz CT molecular complexity index is 549. The highest BCUT2D eigenvalue weighted by Gasteiger charge is 1.99. The molecule has 0 atom stereocenters. The number of anilines is 1. The second kappa shape index (κ2) is 7.70. The van der Waals surface area contributed by atoms with E-state index in [0.717, 1.165) is 24.5 Å². The predicted octanol–water partition coefficient (Wildman–Crippen LogP) is 3.55. The van der Waals surface area contributed by atoms with Crippen LogP contribution < -0.4 is 10.1 Å². The van der Waals surface area contributed by atoms with Crippen molar-refractivity contribution in [1.29, 1.82) is 0 Å². The summed E-state index contributed by atoms with van der Waals surface area (Å²) in [5.41, 5.74) is 3.75. The summed E-state index contributed by atoms with van der Waals surface area (Å²) in [7, 11) is 4.09. The van der Waals surface area contributed by atoms with Gasteiger partial charge in [0.1, 0.15) is 12.4 Å². The van der Waals surface area contributed by atoms with Gasteiger partial charge in [0.05, 0.1) is 0 Å². The quantitative estimate of drug-likeness (QED) is 0.841. The number of aryl methyl sites for hydroxylation is 1. The maximum Gasteiger partial charge on any atom is 0.119 e. The summed E-state index contributed by atoms with van der Waals surface area (Å²) in [6.45, 7) is 4.61. The van der Waals surface area contributed by atoms with Crippen LogP contribution in [0.25, 0.3) is 0 Å². The fourth-order valence-corrected chi connectivity index (χ4v) is 2.02. The van der Waals surface area contributed by atoms with Crippen LogP contribution in [0.4, 0.5) is 5.69 Å². The normalized spacial score (nSPS) is 10.7. The number of nitrogens with zero attached hydrogens (tertiary/aromatic N) is 1. The lowest BCUT2D eigenvalue weighted by molar-refractivity contribution is 0.261.